The van der Waals surface area contributed by atoms with Crippen molar-refractivity contribution >= 4 is 12.1 Å². The predicted molar refractivity (Wildman–Crippen MR) is 71.0 cm³/mol. The van der Waals surface area contributed by atoms with Gasteiger partial charge in [0.05, 0.1) is 32.4 Å². The van der Waals surface area contributed by atoms with Crippen LogP contribution in [0.3, 0.4) is 0 Å². The van der Waals surface area contributed by atoms with Gasteiger partial charge in [-0.1, -0.05) is 6.07 Å². The van der Waals surface area contributed by atoms with Crippen LogP contribution >= 0.6 is 0 Å². The summed E-state index contributed by atoms with van der Waals surface area (Å²) in [6.07, 6.45) is 5.46. The van der Waals surface area contributed by atoms with E-state index in [4.69, 9.17) is 4.74 Å². The van der Waals surface area contributed by atoms with Crippen LogP contribution in [0, 0.1) is 0 Å². The van der Waals surface area contributed by atoms with E-state index in [0.717, 1.165) is 38.4 Å². The molecule has 2 rings (SSSR count). The van der Waals surface area contributed by atoms with Crippen LogP contribution in [0.2, 0.25) is 0 Å². The van der Waals surface area contributed by atoms with E-state index in [1.165, 1.54) is 4.90 Å². The van der Waals surface area contributed by atoms with Crippen molar-refractivity contribution < 1.29 is 14.4 Å². The number of nitrogens with one attached hydrogen (secondary N) is 2. The van der Waals surface area contributed by atoms with E-state index >= 15 is 0 Å². The van der Waals surface area contributed by atoms with E-state index in [9.17, 15) is 4.79 Å². The molecular weight excluding hydrogens is 244 g/mol. The third kappa shape index (κ3) is 5.15. The summed E-state index contributed by atoms with van der Waals surface area (Å²) >= 11 is 0. The molecule has 0 aromatic carbocycles. The van der Waals surface area contributed by atoms with Crippen molar-refractivity contribution in [2.24, 2.45) is 5.10 Å². The van der Waals surface area contributed by atoms with Crippen LogP contribution in [0.5, 0.6) is 0 Å². The zero-order valence-electron chi connectivity index (χ0n) is 10.8. The van der Waals surface area contributed by atoms with Gasteiger partial charge in [0.1, 0.15) is 13.1 Å². The summed E-state index contributed by atoms with van der Waals surface area (Å²) in [6, 6.07) is 3.70. The van der Waals surface area contributed by atoms with Gasteiger partial charge in [-0.15, -0.1) is 0 Å². The first-order valence-corrected chi connectivity index (χ1v) is 6.48. The van der Waals surface area contributed by atoms with Crippen molar-refractivity contribution in [2.75, 3.05) is 32.8 Å². The van der Waals surface area contributed by atoms with Gasteiger partial charge in [0.2, 0.25) is 5.91 Å². The molecule has 2 heterocycles. The average Bonchev–Trinajstić information content (AvgIpc) is 2.47. The molecule has 1 aromatic heterocycles. The number of nitrogens with zero attached hydrogens (tertiary/aromatic N) is 2. The van der Waals surface area contributed by atoms with Crippen molar-refractivity contribution in [1.29, 1.82) is 0 Å². The number of amides is 1. The molecule has 0 bridgehead atoms. The first-order chi connectivity index (χ1) is 9.34. The maximum absolute atomic E-state index is 11.6. The quantitative estimate of drug-likeness (QED) is 0.520. The van der Waals surface area contributed by atoms with Crippen molar-refractivity contribution in [3.05, 3.63) is 30.1 Å². The third-order valence-electron chi connectivity index (χ3n) is 2.99. The Balaban J connectivity index is 1.65. The molecule has 1 saturated heterocycles. The second-order valence-corrected chi connectivity index (χ2v) is 4.44. The molecule has 0 saturated carbocycles. The summed E-state index contributed by atoms with van der Waals surface area (Å²) in [4.78, 5) is 17.0. The van der Waals surface area contributed by atoms with Crippen molar-refractivity contribution in [3.63, 3.8) is 0 Å². The standard InChI is InChI=1S/C13H18N4O2/c18-13(3-5-17-6-8-19-9-7-17)16-15-11-12-2-1-4-14-10-12/h1-2,4,10-11H,3,5-9H2,(H,16,18)/p+1/b15-11-. The minimum Gasteiger partial charge on any atom is -0.370 e. The lowest BCUT2D eigenvalue weighted by Gasteiger charge is -2.23. The molecule has 1 fully saturated rings. The van der Waals surface area contributed by atoms with Crippen molar-refractivity contribution in [1.82, 2.24) is 10.4 Å². The van der Waals surface area contributed by atoms with Gasteiger partial charge < -0.3 is 9.64 Å². The Morgan fingerprint density at radius 1 is 1.53 bits per heavy atom. The molecule has 1 amide bonds. The Morgan fingerprint density at radius 3 is 3.11 bits per heavy atom. The molecule has 0 unspecified atom stereocenters. The lowest BCUT2D eigenvalue weighted by Crippen LogP contribution is -3.14. The summed E-state index contributed by atoms with van der Waals surface area (Å²) < 4.78 is 5.27. The zero-order chi connectivity index (χ0) is 13.3. The number of hydrazone groups is 1. The number of rotatable bonds is 5. The van der Waals surface area contributed by atoms with Crippen LogP contribution in [0.15, 0.2) is 29.6 Å². The number of quaternary nitrogens is 1. The average molecular weight is 263 g/mol. The Bertz CT molecular complexity index is 416. The van der Waals surface area contributed by atoms with E-state index in [-0.39, 0.29) is 5.91 Å². The Morgan fingerprint density at radius 2 is 2.37 bits per heavy atom. The van der Waals surface area contributed by atoms with E-state index < -0.39 is 0 Å². The van der Waals surface area contributed by atoms with Gasteiger partial charge >= 0.3 is 0 Å². The van der Waals surface area contributed by atoms with Crippen LogP contribution in [0.1, 0.15) is 12.0 Å². The van der Waals surface area contributed by atoms with E-state index in [2.05, 4.69) is 15.5 Å². The summed E-state index contributed by atoms with van der Waals surface area (Å²) in [5.74, 6) is -0.0564. The molecule has 0 spiro atoms. The monoisotopic (exact) mass is 263 g/mol. The maximum atomic E-state index is 11.6. The molecule has 19 heavy (non-hydrogen) atoms. The fourth-order valence-corrected chi connectivity index (χ4v) is 1.89. The van der Waals surface area contributed by atoms with Gasteiger partial charge in [-0.2, -0.15) is 5.10 Å². The molecule has 0 atom stereocenters. The van der Waals surface area contributed by atoms with Crippen molar-refractivity contribution in [3.8, 4) is 0 Å². The van der Waals surface area contributed by atoms with Crippen LogP contribution in [0.4, 0.5) is 0 Å². The lowest BCUT2D eigenvalue weighted by atomic mass is 10.3. The smallest absolute Gasteiger partial charge is 0.245 e. The highest BCUT2D eigenvalue weighted by Crippen LogP contribution is 1.89. The number of carbonyl (C=O) groups is 1. The zero-order valence-corrected chi connectivity index (χ0v) is 10.8. The van der Waals surface area contributed by atoms with Crippen LogP contribution in [-0.2, 0) is 9.53 Å². The predicted octanol–water partition coefficient (Wildman–Crippen LogP) is -1.16. The molecule has 6 heteroatoms. The summed E-state index contributed by atoms with van der Waals surface area (Å²) in [5.41, 5.74) is 3.39. The van der Waals surface area contributed by atoms with Crippen LogP contribution in [-0.4, -0.2) is 50.0 Å². The molecule has 0 radical (unpaired) electrons. The molecule has 1 aliphatic rings. The van der Waals surface area contributed by atoms with Gasteiger partial charge in [-0.05, 0) is 6.07 Å². The van der Waals surface area contributed by atoms with Crippen LogP contribution in [0.25, 0.3) is 0 Å². The summed E-state index contributed by atoms with van der Waals surface area (Å²) in [6.45, 7) is 4.36. The second-order valence-electron chi connectivity index (χ2n) is 4.44. The second kappa shape index (κ2) is 7.60. The maximum Gasteiger partial charge on any atom is 0.245 e. The highest BCUT2D eigenvalue weighted by molar-refractivity contribution is 5.81. The Hall–Kier alpha value is -1.79. The highest BCUT2D eigenvalue weighted by Gasteiger charge is 2.14. The Kier molecular flexibility index (Phi) is 5.46. The summed E-state index contributed by atoms with van der Waals surface area (Å²) in [7, 11) is 0. The van der Waals surface area contributed by atoms with Gasteiger partial charge in [-0.25, -0.2) is 5.43 Å². The number of hydrogen-bond donors (Lipinski definition) is 2. The SMILES string of the molecule is O=C(CC[NH+]1CCOCC1)N/N=C\c1cccnc1. The molecule has 1 aliphatic heterocycles. The van der Waals surface area contributed by atoms with Gasteiger partial charge in [-0.3, -0.25) is 9.78 Å². The first-order valence-electron chi connectivity index (χ1n) is 6.48. The van der Waals surface area contributed by atoms with E-state index in [1.54, 1.807) is 18.6 Å². The van der Waals surface area contributed by atoms with Gasteiger partial charge in [0, 0.05) is 18.0 Å². The molecule has 2 N–H and O–H groups in total. The molecule has 1 aromatic rings. The van der Waals surface area contributed by atoms with E-state index in [0.29, 0.717) is 6.42 Å². The molecular formula is C13H19N4O2+. The number of ether oxygens (including phenoxy) is 1. The Labute approximate surface area is 112 Å². The third-order valence-corrected chi connectivity index (χ3v) is 2.99. The van der Waals surface area contributed by atoms with Gasteiger partial charge in [0.25, 0.3) is 0 Å². The topological polar surface area (TPSA) is 68.0 Å². The molecule has 0 aliphatic carbocycles. The largest absolute Gasteiger partial charge is 0.370 e. The lowest BCUT2D eigenvalue weighted by molar-refractivity contribution is -0.907. The number of pyridine rings is 1. The number of aromatic nitrogens is 1. The normalized spacial score (nSPS) is 16.6. The number of carbonyl (C=O) groups excluding carboxylic acids is 1. The fourth-order valence-electron chi connectivity index (χ4n) is 1.89. The molecule has 6 nitrogen and oxygen atoms in total. The summed E-state index contributed by atoms with van der Waals surface area (Å²) in [5, 5.41) is 3.91. The molecule has 102 valence electrons. The minimum absolute atomic E-state index is 0.0564. The fraction of sp³-hybridized carbons (Fsp3) is 0.462. The first kappa shape index (κ1) is 13.6. The highest BCUT2D eigenvalue weighted by atomic mass is 16.5. The minimum atomic E-state index is -0.0564. The van der Waals surface area contributed by atoms with E-state index in [1.807, 2.05) is 12.1 Å². The number of morpholine rings is 1. The van der Waals surface area contributed by atoms with Crippen molar-refractivity contribution in [2.45, 2.75) is 6.42 Å². The van der Waals surface area contributed by atoms with Gasteiger partial charge in [0.15, 0.2) is 0 Å². The van der Waals surface area contributed by atoms with Crippen LogP contribution < -0.4 is 10.3 Å². The number of hydrogen-bond acceptors (Lipinski definition) is 4.